The number of benzene rings is 1. The Morgan fingerprint density at radius 3 is 2.69 bits per heavy atom. The Morgan fingerprint density at radius 2 is 2.08 bits per heavy atom. The molecule has 1 aliphatic heterocycles. The lowest BCUT2D eigenvalue weighted by molar-refractivity contribution is -0.125. The third kappa shape index (κ3) is 4.13. The molecule has 0 bridgehead atoms. The minimum absolute atomic E-state index is 0.0586. The van der Waals surface area contributed by atoms with Crippen LogP contribution in [0, 0.1) is 34.0 Å². The number of anilines is 1. The van der Waals surface area contributed by atoms with Gasteiger partial charge in [0, 0.05) is 10.4 Å². The number of rotatable bonds is 4. The number of halogens is 2. The van der Waals surface area contributed by atoms with Gasteiger partial charge in [0.15, 0.2) is 0 Å². The Bertz CT molecular complexity index is 884. The number of amides is 2. The first-order valence-corrected chi connectivity index (χ1v) is 9.18. The lowest BCUT2D eigenvalue weighted by Crippen LogP contribution is -2.44. The maximum Gasteiger partial charge on any atom is 0.243 e. The average molecular weight is 409 g/mol. The number of thioether (sulfide) groups is 1. The second kappa shape index (κ2) is 8.01. The summed E-state index contributed by atoms with van der Waals surface area (Å²) in [6.45, 7) is 3.31. The summed E-state index contributed by atoms with van der Waals surface area (Å²) in [5, 5.41) is 24.9. The van der Waals surface area contributed by atoms with Gasteiger partial charge in [-0.3, -0.25) is 9.59 Å². The van der Waals surface area contributed by atoms with Crippen LogP contribution < -0.4 is 10.6 Å². The van der Waals surface area contributed by atoms with Crippen LogP contribution in [0.1, 0.15) is 13.8 Å². The molecule has 0 saturated carbocycles. The molecule has 0 unspecified atom stereocenters. The molecule has 1 aliphatic rings. The van der Waals surface area contributed by atoms with Crippen molar-refractivity contribution in [2.45, 2.75) is 13.8 Å². The fourth-order valence-corrected chi connectivity index (χ4v) is 3.76. The summed E-state index contributed by atoms with van der Waals surface area (Å²) in [7, 11) is 0. The zero-order valence-electron chi connectivity index (χ0n) is 13.9. The van der Waals surface area contributed by atoms with Gasteiger partial charge in [0.2, 0.25) is 11.8 Å². The average Bonchev–Trinajstić information content (AvgIpc) is 2.55. The highest BCUT2D eigenvalue weighted by Crippen LogP contribution is 2.41. The van der Waals surface area contributed by atoms with Crippen LogP contribution in [0.3, 0.4) is 0 Å². The molecule has 2 amide bonds. The summed E-state index contributed by atoms with van der Waals surface area (Å²) in [6, 6.07) is 8.66. The van der Waals surface area contributed by atoms with E-state index in [0.717, 1.165) is 11.8 Å². The van der Waals surface area contributed by atoms with E-state index < -0.39 is 17.2 Å². The molecule has 6 nitrogen and oxygen atoms in total. The summed E-state index contributed by atoms with van der Waals surface area (Å²) < 4.78 is 0. The second-order valence-electron chi connectivity index (χ2n) is 6.05. The van der Waals surface area contributed by atoms with Gasteiger partial charge in [-0.15, -0.1) is 0 Å². The number of nitriles is 2. The minimum atomic E-state index is -0.972. The van der Waals surface area contributed by atoms with Gasteiger partial charge in [0.05, 0.1) is 39.2 Å². The molecule has 0 aliphatic carbocycles. The zero-order valence-corrected chi connectivity index (χ0v) is 16.2. The predicted octanol–water partition coefficient (Wildman–Crippen LogP) is 3.70. The van der Waals surface area contributed by atoms with Crippen molar-refractivity contribution in [3.05, 3.63) is 38.8 Å². The Balaban J connectivity index is 2.15. The van der Waals surface area contributed by atoms with E-state index in [1.165, 1.54) is 6.07 Å². The third-order valence-corrected chi connectivity index (χ3v) is 5.45. The molecule has 0 spiro atoms. The van der Waals surface area contributed by atoms with Crippen molar-refractivity contribution in [1.82, 2.24) is 5.32 Å². The molecular formula is C17H14Cl2N4O2S. The van der Waals surface area contributed by atoms with Crippen LogP contribution in [0.25, 0.3) is 0 Å². The normalized spacial score (nSPS) is 18.5. The van der Waals surface area contributed by atoms with Gasteiger partial charge in [-0.05, 0) is 18.2 Å². The molecule has 1 aromatic rings. The highest BCUT2D eigenvalue weighted by molar-refractivity contribution is 8.03. The van der Waals surface area contributed by atoms with E-state index in [2.05, 4.69) is 10.6 Å². The van der Waals surface area contributed by atoms with Crippen LogP contribution in [0.15, 0.2) is 28.8 Å². The van der Waals surface area contributed by atoms with Crippen LogP contribution in [-0.2, 0) is 9.59 Å². The maximum atomic E-state index is 12.2. The van der Waals surface area contributed by atoms with Gasteiger partial charge >= 0.3 is 0 Å². The number of hydrogen-bond donors (Lipinski definition) is 2. The van der Waals surface area contributed by atoms with Gasteiger partial charge in [-0.1, -0.05) is 48.8 Å². The SMILES string of the molecule is CC1(C)C(C#N)=C(SCC(=O)Nc2cc(Cl)ccc2Cl)NC(=O)[C@H]1C#N. The van der Waals surface area contributed by atoms with Crippen LogP contribution in [0.2, 0.25) is 10.0 Å². The van der Waals surface area contributed by atoms with Crippen molar-refractivity contribution in [2.75, 3.05) is 11.1 Å². The lowest BCUT2D eigenvalue weighted by Gasteiger charge is -2.34. The topological polar surface area (TPSA) is 106 Å². The van der Waals surface area contributed by atoms with Crippen LogP contribution in [-0.4, -0.2) is 17.6 Å². The van der Waals surface area contributed by atoms with Crippen molar-refractivity contribution >= 4 is 52.5 Å². The van der Waals surface area contributed by atoms with E-state index >= 15 is 0 Å². The summed E-state index contributed by atoms with van der Waals surface area (Å²) in [5.74, 6) is -1.90. The molecule has 26 heavy (non-hydrogen) atoms. The van der Waals surface area contributed by atoms with Gasteiger partial charge in [-0.25, -0.2) is 0 Å². The quantitative estimate of drug-likeness (QED) is 0.789. The van der Waals surface area contributed by atoms with Gasteiger partial charge < -0.3 is 10.6 Å². The fraction of sp³-hybridized carbons (Fsp3) is 0.294. The van der Waals surface area contributed by atoms with Gasteiger partial charge in [0.1, 0.15) is 5.92 Å². The molecule has 1 heterocycles. The number of allylic oxidation sites excluding steroid dienone is 1. The molecule has 134 valence electrons. The monoisotopic (exact) mass is 408 g/mol. The number of nitrogens with one attached hydrogen (secondary N) is 2. The van der Waals surface area contributed by atoms with E-state index in [1.54, 1.807) is 26.0 Å². The van der Waals surface area contributed by atoms with E-state index in [4.69, 9.17) is 23.2 Å². The molecule has 0 fully saturated rings. The lowest BCUT2D eigenvalue weighted by atomic mass is 9.72. The van der Waals surface area contributed by atoms with Crippen molar-refractivity contribution < 1.29 is 9.59 Å². The number of nitrogens with zero attached hydrogens (tertiary/aromatic N) is 2. The molecule has 0 radical (unpaired) electrons. The number of hydrogen-bond acceptors (Lipinski definition) is 5. The molecule has 0 aromatic heterocycles. The van der Waals surface area contributed by atoms with Crippen LogP contribution >= 0.6 is 35.0 Å². The first-order chi connectivity index (χ1) is 12.2. The molecule has 1 atom stereocenters. The molecule has 0 saturated heterocycles. The van der Waals surface area contributed by atoms with Crippen molar-refractivity contribution in [1.29, 1.82) is 10.5 Å². The van der Waals surface area contributed by atoms with Crippen molar-refractivity contribution in [2.24, 2.45) is 11.3 Å². The Morgan fingerprint density at radius 1 is 1.38 bits per heavy atom. The van der Waals surface area contributed by atoms with E-state index in [9.17, 15) is 20.1 Å². The summed E-state index contributed by atoms with van der Waals surface area (Å²) >= 11 is 12.9. The Kier molecular flexibility index (Phi) is 6.20. The highest BCUT2D eigenvalue weighted by atomic mass is 35.5. The number of carbonyl (C=O) groups excluding carboxylic acids is 2. The first kappa shape index (κ1) is 20.1. The van der Waals surface area contributed by atoms with Crippen LogP contribution in [0.4, 0.5) is 5.69 Å². The van der Waals surface area contributed by atoms with Crippen molar-refractivity contribution in [3.63, 3.8) is 0 Å². The number of carbonyl (C=O) groups is 2. The fourth-order valence-electron chi connectivity index (χ4n) is 2.45. The maximum absolute atomic E-state index is 12.2. The van der Waals surface area contributed by atoms with Crippen molar-refractivity contribution in [3.8, 4) is 12.1 Å². The first-order valence-electron chi connectivity index (χ1n) is 7.43. The summed E-state index contributed by atoms with van der Waals surface area (Å²) in [5.41, 5.74) is -0.306. The highest BCUT2D eigenvalue weighted by Gasteiger charge is 2.44. The summed E-state index contributed by atoms with van der Waals surface area (Å²) in [6.07, 6.45) is 0. The zero-order chi connectivity index (χ0) is 19.5. The smallest absolute Gasteiger partial charge is 0.243 e. The van der Waals surface area contributed by atoms with Crippen LogP contribution in [0.5, 0.6) is 0 Å². The predicted molar refractivity (Wildman–Crippen MR) is 101 cm³/mol. The summed E-state index contributed by atoms with van der Waals surface area (Å²) in [4.78, 5) is 24.3. The molecule has 2 rings (SSSR count). The molecular weight excluding hydrogens is 395 g/mol. The standard InChI is InChI=1S/C17H14Cl2N4O2S/c1-17(2)10(6-20)15(25)23-16(11(17)7-21)26-8-14(24)22-13-5-9(18)3-4-12(13)19/h3-5,10H,8H2,1-2H3,(H,22,24)(H,23,25)/t10-/m1/s1. The molecule has 2 N–H and O–H groups in total. The molecule has 9 heteroatoms. The van der Waals surface area contributed by atoms with E-state index in [0.29, 0.717) is 15.7 Å². The second-order valence-corrected chi connectivity index (χ2v) is 7.88. The minimum Gasteiger partial charge on any atom is -0.324 e. The largest absolute Gasteiger partial charge is 0.324 e. The Labute approximate surface area is 165 Å². The van der Waals surface area contributed by atoms with E-state index in [1.807, 2.05) is 12.1 Å². The third-order valence-electron chi connectivity index (χ3n) is 3.88. The van der Waals surface area contributed by atoms with Gasteiger partial charge in [0.25, 0.3) is 0 Å². The Hall–Kier alpha value is -2.19. The molecule has 1 aromatic carbocycles. The van der Waals surface area contributed by atoms with Gasteiger partial charge in [-0.2, -0.15) is 10.5 Å². The van der Waals surface area contributed by atoms with E-state index in [-0.39, 0.29) is 22.3 Å².